The van der Waals surface area contributed by atoms with Gasteiger partial charge in [0.05, 0.1) is 24.3 Å². The molecule has 9 heteroatoms. The number of benzene rings is 1. The molecular weight excluding hydrogens is 423 g/mol. The van der Waals surface area contributed by atoms with Gasteiger partial charge in [0.1, 0.15) is 11.1 Å². The van der Waals surface area contributed by atoms with E-state index in [1.807, 2.05) is 28.6 Å². The Morgan fingerprint density at radius 2 is 2.10 bits per heavy atom. The van der Waals surface area contributed by atoms with Gasteiger partial charge in [0, 0.05) is 16.8 Å². The van der Waals surface area contributed by atoms with E-state index in [0.29, 0.717) is 12.3 Å². The van der Waals surface area contributed by atoms with Crippen molar-refractivity contribution >= 4 is 29.1 Å². The van der Waals surface area contributed by atoms with Gasteiger partial charge < -0.3 is 14.7 Å². The predicted molar refractivity (Wildman–Crippen MR) is 108 cm³/mol. The maximum Gasteiger partial charge on any atom is 0.416 e. The summed E-state index contributed by atoms with van der Waals surface area (Å²) in [6.45, 7) is 0.733. The second-order valence-electron chi connectivity index (χ2n) is 6.12. The number of thioether (sulfide) groups is 1. The molecule has 1 aromatic carbocycles. The van der Waals surface area contributed by atoms with Gasteiger partial charge in [-0.2, -0.15) is 13.2 Å². The van der Waals surface area contributed by atoms with Gasteiger partial charge in [-0.05, 0) is 41.8 Å². The second kappa shape index (κ2) is 9.41. The summed E-state index contributed by atoms with van der Waals surface area (Å²) in [5, 5.41) is 11.1. The monoisotopic (exact) mass is 441 g/mol. The number of carboxylic acids is 1. The van der Waals surface area contributed by atoms with Crippen LogP contribution in [0.1, 0.15) is 10.4 Å². The molecule has 0 amide bonds. The molecule has 29 heavy (non-hydrogen) atoms. The van der Waals surface area contributed by atoms with Crippen LogP contribution in [-0.2, 0) is 17.5 Å². The molecule has 4 nitrogen and oxygen atoms in total. The van der Waals surface area contributed by atoms with Crippen molar-refractivity contribution in [2.24, 2.45) is 0 Å². The summed E-state index contributed by atoms with van der Waals surface area (Å²) in [5.41, 5.74) is -0.508. The first-order valence-electron chi connectivity index (χ1n) is 8.66. The van der Waals surface area contributed by atoms with E-state index < -0.39 is 23.1 Å². The summed E-state index contributed by atoms with van der Waals surface area (Å²) in [6, 6.07) is 8.63. The van der Waals surface area contributed by atoms with E-state index in [1.165, 1.54) is 23.9 Å². The number of rotatable bonds is 8. The van der Waals surface area contributed by atoms with E-state index in [9.17, 15) is 23.1 Å². The van der Waals surface area contributed by atoms with E-state index in [0.717, 1.165) is 17.0 Å². The molecule has 0 saturated carbocycles. The highest BCUT2D eigenvalue weighted by Gasteiger charge is 2.31. The molecule has 1 aliphatic rings. The Morgan fingerprint density at radius 1 is 1.28 bits per heavy atom. The number of hydrogen-bond donors (Lipinski definition) is 1. The fourth-order valence-electron chi connectivity index (χ4n) is 2.76. The van der Waals surface area contributed by atoms with Crippen LogP contribution in [0.4, 0.5) is 13.2 Å². The summed E-state index contributed by atoms with van der Waals surface area (Å²) in [4.78, 5) is 14.7. The molecule has 154 valence electrons. The summed E-state index contributed by atoms with van der Waals surface area (Å²) in [5.74, 6) is -0.449. The van der Waals surface area contributed by atoms with Crippen LogP contribution in [0.5, 0.6) is 5.75 Å². The number of ether oxygens (including phenoxy) is 1. The van der Waals surface area contributed by atoms with Crippen LogP contribution in [0.15, 0.2) is 65.7 Å². The summed E-state index contributed by atoms with van der Waals surface area (Å²) in [6.07, 6.45) is 0.690. The Labute approximate surface area is 174 Å². The van der Waals surface area contributed by atoms with Gasteiger partial charge in [0.25, 0.3) is 0 Å². The van der Waals surface area contributed by atoms with Crippen molar-refractivity contribution in [3.05, 3.63) is 76.1 Å². The van der Waals surface area contributed by atoms with E-state index >= 15 is 0 Å². The minimum atomic E-state index is -4.42. The normalized spacial score (nSPS) is 16.6. The van der Waals surface area contributed by atoms with Crippen LogP contribution < -0.4 is 4.74 Å². The molecule has 1 aromatic heterocycles. The van der Waals surface area contributed by atoms with Crippen molar-refractivity contribution in [1.29, 1.82) is 0 Å². The molecule has 0 saturated heterocycles. The predicted octanol–water partition coefficient (Wildman–Crippen LogP) is 5.25. The first-order valence-corrected chi connectivity index (χ1v) is 10.6. The first kappa shape index (κ1) is 21.3. The zero-order chi connectivity index (χ0) is 20.9. The molecule has 1 aliphatic heterocycles. The van der Waals surface area contributed by atoms with Gasteiger partial charge in [0.15, 0.2) is 0 Å². The fourth-order valence-corrected chi connectivity index (χ4v) is 4.57. The summed E-state index contributed by atoms with van der Waals surface area (Å²) < 4.78 is 43.8. The number of carbonyl (C=O) groups is 1. The molecule has 1 atom stereocenters. The highest BCUT2D eigenvalue weighted by molar-refractivity contribution is 8.00. The number of thiophene rings is 1. The van der Waals surface area contributed by atoms with Crippen LogP contribution in [-0.4, -0.2) is 33.7 Å². The Morgan fingerprint density at radius 3 is 2.79 bits per heavy atom. The third kappa shape index (κ3) is 5.80. The third-order valence-electron chi connectivity index (χ3n) is 4.08. The van der Waals surface area contributed by atoms with Crippen LogP contribution in [0.3, 0.4) is 0 Å². The molecule has 0 bridgehead atoms. The number of allylic oxidation sites excluding steroid dienone is 2. The van der Waals surface area contributed by atoms with Crippen molar-refractivity contribution in [2.75, 3.05) is 12.4 Å². The smallest absolute Gasteiger partial charge is 0.416 e. The minimum absolute atomic E-state index is 0.133. The Kier molecular flexibility index (Phi) is 6.92. The maximum absolute atomic E-state index is 12.8. The van der Waals surface area contributed by atoms with E-state index in [2.05, 4.69) is 0 Å². The zero-order valence-electron chi connectivity index (χ0n) is 15.1. The van der Waals surface area contributed by atoms with Crippen molar-refractivity contribution in [1.82, 2.24) is 4.90 Å². The minimum Gasteiger partial charge on any atom is -0.493 e. The molecule has 3 rings (SSSR count). The SMILES string of the molecule is O=C(O)C1=CC=CN(Cc2cccs2)C1SCCOc1cccc(C(F)(F)F)c1. The maximum atomic E-state index is 12.8. The van der Waals surface area contributed by atoms with E-state index in [-0.39, 0.29) is 17.9 Å². The van der Waals surface area contributed by atoms with Gasteiger partial charge in [-0.25, -0.2) is 4.79 Å². The van der Waals surface area contributed by atoms with Gasteiger partial charge >= 0.3 is 12.1 Å². The van der Waals surface area contributed by atoms with Gasteiger partial charge in [-0.1, -0.05) is 12.1 Å². The van der Waals surface area contributed by atoms with Crippen LogP contribution in [0.25, 0.3) is 0 Å². The Hall–Kier alpha value is -2.39. The second-order valence-corrected chi connectivity index (χ2v) is 8.34. The number of nitrogens with zero attached hydrogens (tertiary/aromatic N) is 1. The van der Waals surface area contributed by atoms with Crippen molar-refractivity contribution in [3.63, 3.8) is 0 Å². The Bertz CT molecular complexity index is 895. The van der Waals surface area contributed by atoms with Crippen molar-refractivity contribution < 1.29 is 27.8 Å². The molecule has 2 aromatic rings. The quantitative estimate of drug-likeness (QED) is 0.568. The molecule has 1 N–H and O–H groups in total. The van der Waals surface area contributed by atoms with Crippen LogP contribution >= 0.6 is 23.1 Å². The topological polar surface area (TPSA) is 49.8 Å². The lowest BCUT2D eigenvalue weighted by atomic mass is 10.2. The third-order valence-corrected chi connectivity index (χ3v) is 6.18. The molecule has 0 radical (unpaired) electrons. The number of halogens is 3. The zero-order valence-corrected chi connectivity index (χ0v) is 16.8. The lowest BCUT2D eigenvalue weighted by Crippen LogP contribution is -2.34. The number of aliphatic carboxylic acids is 1. The number of alkyl halides is 3. The van der Waals surface area contributed by atoms with Crippen LogP contribution in [0, 0.1) is 0 Å². The number of hydrogen-bond acceptors (Lipinski definition) is 5. The number of carboxylic acid groups (broad SMARTS) is 1. The van der Waals surface area contributed by atoms with E-state index in [1.54, 1.807) is 23.5 Å². The molecule has 2 heterocycles. The van der Waals surface area contributed by atoms with Crippen molar-refractivity contribution in [3.8, 4) is 5.75 Å². The largest absolute Gasteiger partial charge is 0.493 e. The lowest BCUT2D eigenvalue weighted by Gasteiger charge is -2.32. The van der Waals surface area contributed by atoms with Gasteiger partial charge in [-0.15, -0.1) is 23.1 Å². The van der Waals surface area contributed by atoms with Crippen LogP contribution in [0.2, 0.25) is 0 Å². The first-order chi connectivity index (χ1) is 13.8. The van der Waals surface area contributed by atoms with Gasteiger partial charge in [-0.3, -0.25) is 0 Å². The standard InChI is InChI=1S/C20H18F3NO3S2/c21-20(22,23)14-4-1-5-15(12-14)27-9-11-29-18-17(19(25)26)7-2-8-24(18)13-16-6-3-10-28-16/h1-8,10,12,18H,9,11,13H2,(H,25,26). The average molecular weight is 441 g/mol. The summed E-state index contributed by atoms with van der Waals surface area (Å²) in [7, 11) is 0. The molecule has 0 aliphatic carbocycles. The summed E-state index contributed by atoms with van der Waals surface area (Å²) >= 11 is 2.96. The molecule has 0 spiro atoms. The highest BCUT2D eigenvalue weighted by Crippen LogP contribution is 2.32. The fraction of sp³-hybridized carbons (Fsp3) is 0.250. The average Bonchev–Trinajstić information content (AvgIpc) is 3.18. The van der Waals surface area contributed by atoms with Crippen molar-refractivity contribution in [2.45, 2.75) is 18.1 Å². The Balaban J connectivity index is 1.60. The van der Waals surface area contributed by atoms with E-state index in [4.69, 9.17) is 4.74 Å². The highest BCUT2D eigenvalue weighted by atomic mass is 32.2. The van der Waals surface area contributed by atoms with Gasteiger partial charge in [0.2, 0.25) is 0 Å². The molecule has 0 fully saturated rings. The lowest BCUT2D eigenvalue weighted by molar-refractivity contribution is -0.137. The molecular formula is C20H18F3NO3S2. The molecule has 1 unspecified atom stereocenters.